The average Bonchev–Trinajstić information content (AvgIpc) is 3.21. The number of anilines is 1. The number of nitrogens with one attached hydrogen (secondary N) is 1. The number of thioether (sulfide) groups is 1. The first-order valence-electron chi connectivity index (χ1n) is 7.71. The number of furan rings is 1. The number of para-hydroxylation sites is 1. The number of alkyl halides is 2. The summed E-state index contributed by atoms with van der Waals surface area (Å²) in [6.45, 7) is 2.64. The van der Waals surface area contributed by atoms with Crippen LogP contribution in [0, 0.1) is 0 Å². The fraction of sp³-hybridized carbons (Fsp3) is 0.412. The molecule has 1 aromatic carbocycles. The van der Waals surface area contributed by atoms with Crippen LogP contribution in [0.2, 0.25) is 0 Å². The molecule has 0 spiro atoms. The zero-order valence-electron chi connectivity index (χ0n) is 12.8. The normalized spacial score (nSPS) is 18.0. The van der Waals surface area contributed by atoms with Gasteiger partial charge >= 0.3 is 0 Å². The third-order valence-electron chi connectivity index (χ3n) is 3.94. The van der Waals surface area contributed by atoms with E-state index >= 15 is 0 Å². The van der Waals surface area contributed by atoms with Crippen molar-refractivity contribution in [2.75, 3.05) is 18.0 Å². The molecule has 0 saturated carbocycles. The zero-order valence-corrected chi connectivity index (χ0v) is 13.6. The fourth-order valence-corrected chi connectivity index (χ4v) is 3.23. The molecular formula is C17H20F2N2OS. The van der Waals surface area contributed by atoms with Crippen molar-refractivity contribution in [2.24, 2.45) is 0 Å². The van der Waals surface area contributed by atoms with Crippen molar-refractivity contribution < 1.29 is 13.2 Å². The molecule has 0 bridgehead atoms. The van der Waals surface area contributed by atoms with Crippen LogP contribution in [0.4, 0.5) is 14.5 Å². The van der Waals surface area contributed by atoms with E-state index in [9.17, 15) is 8.78 Å². The molecule has 1 unspecified atom stereocenters. The lowest BCUT2D eigenvalue weighted by Gasteiger charge is -2.18. The standard InChI is InChI=1S/C17H20F2N2OS/c18-17(19)23-12-16-7-6-15(22-16)10-20-13-8-9-21(11-13)14-4-2-1-3-5-14/h1-7,13,17,20H,8-12H2. The molecule has 124 valence electrons. The second-order valence-electron chi connectivity index (χ2n) is 5.59. The van der Waals surface area contributed by atoms with Crippen LogP contribution in [-0.4, -0.2) is 24.9 Å². The number of halogens is 2. The molecule has 0 radical (unpaired) electrons. The highest BCUT2D eigenvalue weighted by Crippen LogP contribution is 2.22. The van der Waals surface area contributed by atoms with Gasteiger partial charge in [-0.25, -0.2) is 0 Å². The molecule has 1 aliphatic heterocycles. The Morgan fingerprint density at radius 1 is 1.17 bits per heavy atom. The molecule has 1 fully saturated rings. The van der Waals surface area contributed by atoms with Gasteiger partial charge in [0, 0.05) is 24.8 Å². The second kappa shape index (κ2) is 7.84. The predicted molar refractivity (Wildman–Crippen MR) is 89.9 cm³/mol. The van der Waals surface area contributed by atoms with Gasteiger partial charge in [-0.2, -0.15) is 8.78 Å². The maximum absolute atomic E-state index is 12.2. The highest BCUT2D eigenvalue weighted by molar-refractivity contribution is 7.98. The first-order chi connectivity index (χ1) is 11.2. The van der Waals surface area contributed by atoms with E-state index in [4.69, 9.17) is 4.42 Å². The largest absolute Gasteiger partial charge is 0.464 e. The number of benzene rings is 1. The van der Waals surface area contributed by atoms with E-state index in [0.717, 1.165) is 25.3 Å². The van der Waals surface area contributed by atoms with Crippen LogP contribution in [0.1, 0.15) is 17.9 Å². The minimum atomic E-state index is -2.36. The van der Waals surface area contributed by atoms with Crippen LogP contribution in [0.15, 0.2) is 46.9 Å². The van der Waals surface area contributed by atoms with Gasteiger partial charge in [-0.1, -0.05) is 30.0 Å². The van der Waals surface area contributed by atoms with Gasteiger partial charge in [-0.3, -0.25) is 0 Å². The summed E-state index contributed by atoms with van der Waals surface area (Å²) in [5, 5.41) is 3.49. The molecule has 23 heavy (non-hydrogen) atoms. The van der Waals surface area contributed by atoms with Gasteiger partial charge in [0.2, 0.25) is 0 Å². The van der Waals surface area contributed by atoms with Gasteiger partial charge in [0.15, 0.2) is 0 Å². The summed E-state index contributed by atoms with van der Waals surface area (Å²) in [6.07, 6.45) is 1.09. The van der Waals surface area contributed by atoms with Gasteiger partial charge < -0.3 is 14.6 Å². The molecule has 3 rings (SSSR count). The third kappa shape index (κ3) is 4.72. The maximum atomic E-state index is 12.2. The SMILES string of the molecule is FC(F)SCc1ccc(CNC2CCN(c3ccccc3)C2)o1. The molecule has 6 heteroatoms. The lowest BCUT2D eigenvalue weighted by molar-refractivity contribution is 0.251. The molecule has 1 aromatic heterocycles. The van der Waals surface area contributed by atoms with Crippen molar-refractivity contribution in [1.82, 2.24) is 5.32 Å². The van der Waals surface area contributed by atoms with E-state index in [1.807, 2.05) is 12.1 Å². The molecule has 3 nitrogen and oxygen atoms in total. The Kier molecular flexibility index (Phi) is 5.56. The van der Waals surface area contributed by atoms with Gasteiger partial charge in [0.1, 0.15) is 11.5 Å². The quantitative estimate of drug-likeness (QED) is 0.823. The lowest BCUT2D eigenvalue weighted by Crippen LogP contribution is -2.31. The Balaban J connectivity index is 1.44. The van der Waals surface area contributed by atoms with Crippen molar-refractivity contribution >= 4 is 17.4 Å². The summed E-state index contributed by atoms with van der Waals surface area (Å²) in [4.78, 5) is 2.37. The molecule has 1 aliphatic rings. The molecule has 1 atom stereocenters. The van der Waals surface area contributed by atoms with Crippen LogP contribution in [0.5, 0.6) is 0 Å². The van der Waals surface area contributed by atoms with E-state index in [-0.39, 0.29) is 5.75 Å². The van der Waals surface area contributed by atoms with Gasteiger partial charge in [0.25, 0.3) is 5.76 Å². The van der Waals surface area contributed by atoms with E-state index in [1.165, 1.54) is 5.69 Å². The first kappa shape index (κ1) is 16.3. The molecule has 2 heterocycles. The van der Waals surface area contributed by atoms with Crippen LogP contribution in [0.25, 0.3) is 0 Å². The Morgan fingerprint density at radius 3 is 2.74 bits per heavy atom. The van der Waals surface area contributed by atoms with Crippen molar-refractivity contribution in [2.45, 2.75) is 30.5 Å². The van der Waals surface area contributed by atoms with Crippen LogP contribution >= 0.6 is 11.8 Å². The lowest BCUT2D eigenvalue weighted by atomic mass is 10.2. The van der Waals surface area contributed by atoms with Gasteiger partial charge in [-0.05, 0) is 30.7 Å². The molecule has 1 N–H and O–H groups in total. The number of rotatable bonds is 7. The summed E-state index contributed by atoms with van der Waals surface area (Å²) in [5.41, 5.74) is 1.25. The van der Waals surface area contributed by atoms with E-state index in [2.05, 4.69) is 34.5 Å². The van der Waals surface area contributed by atoms with Gasteiger partial charge in [-0.15, -0.1) is 0 Å². The Labute approximate surface area is 139 Å². The second-order valence-corrected chi connectivity index (χ2v) is 6.57. The van der Waals surface area contributed by atoms with Crippen molar-refractivity contribution in [3.63, 3.8) is 0 Å². The Bertz CT molecular complexity index is 606. The summed E-state index contributed by atoms with van der Waals surface area (Å²) in [6, 6.07) is 14.4. The molecule has 2 aromatic rings. The Morgan fingerprint density at radius 2 is 1.96 bits per heavy atom. The minimum absolute atomic E-state index is 0.211. The highest BCUT2D eigenvalue weighted by Gasteiger charge is 2.22. The van der Waals surface area contributed by atoms with Crippen molar-refractivity contribution in [1.29, 1.82) is 0 Å². The topological polar surface area (TPSA) is 28.4 Å². The first-order valence-corrected chi connectivity index (χ1v) is 8.76. The minimum Gasteiger partial charge on any atom is -0.464 e. The van der Waals surface area contributed by atoms with E-state index in [1.54, 1.807) is 6.07 Å². The molecule has 0 amide bonds. The summed E-state index contributed by atoms with van der Waals surface area (Å²) < 4.78 is 29.9. The summed E-state index contributed by atoms with van der Waals surface area (Å²) in [7, 11) is 0. The Hall–Kier alpha value is -1.53. The number of hydrogen-bond acceptors (Lipinski definition) is 4. The van der Waals surface area contributed by atoms with Crippen LogP contribution in [-0.2, 0) is 12.3 Å². The van der Waals surface area contributed by atoms with E-state index < -0.39 is 5.76 Å². The molecule has 0 aliphatic carbocycles. The smallest absolute Gasteiger partial charge is 0.284 e. The molecular weight excluding hydrogens is 318 g/mol. The fourth-order valence-electron chi connectivity index (χ4n) is 2.79. The summed E-state index contributed by atoms with van der Waals surface area (Å²) >= 11 is 0.585. The highest BCUT2D eigenvalue weighted by atomic mass is 32.2. The van der Waals surface area contributed by atoms with Crippen molar-refractivity contribution in [3.8, 4) is 0 Å². The predicted octanol–water partition coefficient (Wildman–Crippen LogP) is 4.10. The van der Waals surface area contributed by atoms with E-state index in [0.29, 0.717) is 30.1 Å². The number of hydrogen-bond donors (Lipinski definition) is 1. The monoisotopic (exact) mass is 338 g/mol. The molecule has 1 saturated heterocycles. The maximum Gasteiger partial charge on any atom is 0.284 e. The number of nitrogens with zero attached hydrogens (tertiary/aromatic N) is 1. The average molecular weight is 338 g/mol. The van der Waals surface area contributed by atoms with Crippen LogP contribution in [0.3, 0.4) is 0 Å². The van der Waals surface area contributed by atoms with Crippen molar-refractivity contribution in [3.05, 3.63) is 54.0 Å². The third-order valence-corrected chi connectivity index (χ3v) is 4.65. The zero-order chi connectivity index (χ0) is 16.1. The van der Waals surface area contributed by atoms with Gasteiger partial charge in [0.05, 0.1) is 12.3 Å². The summed E-state index contributed by atoms with van der Waals surface area (Å²) in [5.74, 6) is -0.746. The van der Waals surface area contributed by atoms with Crippen LogP contribution < -0.4 is 10.2 Å².